The Bertz CT molecular complexity index is 145. The topological polar surface area (TPSA) is 47.3 Å². The van der Waals surface area contributed by atoms with Crippen molar-refractivity contribution < 1.29 is 4.74 Å². The van der Waals surface area contributed by atoms with E-state index in [-0.39, 0.29) is 5.41 Å². The fourth-order valence-electron chi connectivity index (χ4n) is 1.89. The molecule has 0 aromatic heterocycles. The Balaban J connectivity index is 2.32. The zero-order valence-electron chi connectivity index (χ0n) is 8.26. The van der Waals surface area contributed by atoms with Gasteiger partial charge in [0.1, 0.15) is 0 Å². The number of hydrogen-bond acceptors (Lipinski definition) is 3. The Labute approximate surface area is 74.7 Å². The molecule has 0 amide bonds. The zero-order chi connectivity index (χ0) is 9.19. The van der Waals surface area contributed by atoms with Crippen molar-refractivity contribution >= 4 is 0 Å². The molecule has 0 spiro atoms. The van der Waals surface area contributed by atoms with Crippen LogP contribution in [0.2, 0.25) is 0 Å². The van der Waals surface area contributed by atoms with Crippen LogP contribution in [-0.4, -0.2) is 32.3 Å². The number of nitrogens with two attached hydrogens (primary N) is 1. The molecule has 72 valence electrons. The first-order chi connectivity index (χ1) is 5.62. The summed E-state index contributed by atoms with van der Waals surface area (Å²) in [4.78, 5) is 0. The van der Waals surface area contributed by atoms with Gasteiger partial charge in [-0.15, -0.1) is 0 Å². The lowest BCUT2D eigenvalue weighted by atomic mass is 9.64. The standard InChI is InChI=1S/C9H20N2O/c1-9(2)7(11-5-4-10)6-8(9)12-3/h7-8,11H,4-6,10H2,1-3H3. The Kier molecular flexibility index (Phi) is 3.09. The fourth-order valence-corrected chi connectivity index (χ4v) is 1.89. The largest absolute Gasteiger partial charge is 0.381 e. The quantitative estimate of drug-likeness (QED) is 0.643. The van der Waals surface area contributed by atoms with Gasteiger partial charge in [-0.2, -0.15) is 0 Å². The number of methoxy groups -OCH3 is 1. The molecule has 0 heterocycles. The first-order valence-electron chi connectivity index (χ1n) is 4.59. The molecule has 1 rings (SSSR count). The molecule has 0 saturated heterocycles. The van der Waals surface area contributed by atoms with E-state index in [9.17, 15) is 0 Å². The van der Waals surface area contributed by atoms with Crippen LogP contribution in [-0.2, 0) is 4.74 Å². The molecule has 1 aliphatic carbocycles. The lowest BCUT2D eigenvalue weighted by Crippen LogP contribution is -2.61. The molecule has 0 bridgehead atoms. The van der Waals surface area contributed by atoms with Gasteiger partial charge in [-0.25, -0.2) is 0 Å². The molecule has 1 fully saturated rings. The van der Waals surface area contributed by atoms with Gasteiger partial charge in [0.25, 0.3) is 0 Å². The van der Waals surface area contributed by atoms with Gasteiger partial charge >= 0.3 is 0 Å². The number of ether oxygens (including phenoxy) is 1. The molecule has 1 saturated carbocycles. The summed E-state index contributed by atoms with van der Waals surface area (Å²) in [5.41, 5.74) is 5.69. The van der Waals surface area contributed by atoms with E-state index in [0.29, 0.717) is 18.7 Å². The van der Waals surface area contributed by atoms with E-state index in [1.54, 1.807) is 7.11 Å². The third-order valence-corrected chi connectivity index (χ3v) is 3.00. The molecule has 3 N–H and O–H groups in total. The zero-order valence-corrected chi connectivity index (χ0v) is 8.26. The highest BCUT2D eigenvalue weighted by Gasteiger charge is 2.47. The van der Waals surface area contributed by atoms with Gasteiger partial charge in [0.2, 0.25) is 0 Å². The van der Waals surface area contributed by atoms with Crippen molar-refractivity contribution in [1.82, 2.24) is 5.32 Å². The molecule has 0 aromatic carbocycles. The van der Waals surface area contributed by atoms with Gasteiger partial charge in [-0.05, 0) is 6.42 Å². The average molecular weight is 172 g/mol. The van der Waals surface area contributed by atoms with Crippen molar-refractivity contribution in [3.8, 4) is 0 Å². The minimum Gasteiger partial charge on any atom is -0.381 e. The third kappa shape index (κ3) is 1.63. The SMILES string of the molecule is COC1CC(NCCN)C1(C)C. The first kappa shape index (κ1) is 9.96. The number of rotatable bonds is 4. The van der Waals surface area contributed by atoms with Crippen LogP contribution in [0.3, 0.4) is 0 Å². The highest BCUT2D eigenvalue weighted by Crippen LogP contribution is 2.42. The highest BCUT2D eigenvalue weighted by atomic mass is 16.5. The maximum atomic E-state index is 5.42. The molecule has 2 unspecified atom stereocenters. The molecule has 0 aromatic rings. The highest BCUT2D eigenvalue weighted by molar-refractivity contribution is 5.02. The van der Waals surface area contributed by atoms with Crippen LogP contribution in [0.5, 0.6) is 0 Å². The summed E-state index contributed by atoms with van der Waals surface area (Å²) in [5, 5.41) is 3.42. The molecule has 3 heteroatoms. The van der Waals surface area contributed by atoms with Crippen molar-refractivity contribution in [3.05, 3.63) is 0 Å². The smallest absolute Gasteiger partial charge is 0.0652 e. The molecule has 3 nitrogen and oxygen atoms in total. The van der Waals surface area contributed by atoms with Crippen molar-refractivity contribution in [2.75, 3.05) is 20.2 Å². The second-order valence-corrected chi connectivity index (χ2v) is 4.08. The van der Waals surface area contributed by atoms with E-state index >= 15 is 0 Å². The van der Waals surface area contributed by atoms with Gasteiger partial charge in [0.05, 0.1) is 6.10 Å². The summed E-state index contributed by atoms with van der Waals surface area (Å²) >= 11 is 0. The second-order valence-electron chi connectivity index (χ2n) is 4.08. The van der Waals surface area contributed by atoms with E-state index in [1.807, 2.05) is 0 Å². The minimum atomic E-state index is 0.268. The monoisotopic (exact) mass is 172 g/mol. The van der Waals surface area contributed by atoms with E-state index in [0.717, 1.165) is 13.0 Å². The first-order valence-corrected chi connectivity index (χ1v) is 4.59. The van der Waals surface area contributed by atoms with E-state index in [2.05, 4.69) is 19.2 Å². The Morgan fingerprint density at radius 3 is 2.67 bits per heavy atom. The third-order valence-electron chi connectivity index (χ3n) is 3.00. The number of nitrogens with one attached hydrogen (secondary N) is 1. The van der Waals surface area contributed by atoms with Crippen molar-refractivity contribution in [1.29, 1.82) is 0 Å². The van der Waals surface area contributed by atoms with Crippen molar-refractivity contribution in [2.24, 2.45) is 11.1 Å². The predicted molar refractivity (Wildman–Crippen MR) is 50.0 cm³/mol. The fraction of sp³-hybridized carbons (Fsp3) is 1.00. The van der Waals surface area contributed by atoms with Gasteiger partial charge in [-0.3, -0.25) is 0 Å². The molecule has 2 atom stereocenters. The Morgan fingerprint density at radius 2 is 2.25 bits per heavy atom. The van der Waals surface area contributed by atoms with E-state index < -0.39 is 0 Å². The summed E-state index contributed by atoms with van der Waals surface area (Å²) in [7, 11) is 1.78. The second kappa shape index (κ2) is 3.73. The molecule has 0 radical (unpaired) electrons. The van der Waals surface area contributed by atoms with Crippen molar-refractivity contribution in [2.45, 2.75) is 32.4 Å². The Morgan fingerprint density at radius 1 is 1.58 bits per heavy atom. The minimum absolute atomic E-state index is 0.268. The van der Waals surface area contributed by atoms with Crippen LogP contribution in [0.15, 0.2) is 0 Å². The molecule has 12 heavy (non-hydrogen) atoms. The van der Waals surface area contributed by atoms with Gasteiger partial charge in [0.15, 0.2) is 0 Å². The van der Waals surface area contributed by atoms with Gasteiger partial charge in [-0.1, -0.05) is 13.8 Å². The van der Waals surface area contributed by atoms with Crippen LogP contribution >= 0.6 is 0 Å². The maximum Gasteiger partial charge on any atom is 0.0652 e. The van der Waals surface area contributed by atoms with Gasteiger partial charge in [0, 0.05) is 31.7 Å². The van der Waals surface area contributed by atoms with Crippen LogP contribution in [0, 0.1) is 5.41 Å². The molecular formula is C9H20N2O. The van der Waals surface area contributed by atoms with Crippen LogP contribution < -0.4 is 11.1 Å². The van der Waals surface area contributed by atoms with Gasteiger partial charge < -0.3 is 15.8 Å². The van der Waals surface area contributed by atoms with Crippen LogP contribution in [0.1, 0.15) is 20.3 Å². The summed E-state index contributed by atoms with van der Waals surface area (Å²) < 4.78 is 5.34. The van der Waals surface area contributed by atoms with E-state index in [1.165, 1.54) is 0 Å². The summed E-state index contributed by atoms with van der Waals surface area (Å²) in [6, 6.07) is 0.575. The maximum absolute atomic E-state index is 5.42. The molecular weight excluding hydrogens is 152 g/mol. The van der Waals surface area contributed by atoms with Crippen LogP contribution in [0.25, 0.3) is 0 Å². The predicted octanol–water partition coefficient (Wildman–Crippen LogP) is 0.348. The molecule has 0 aliphatic heterocycles. The van der Waals surface area contributed by atoms with E-state index in [4.69, 9.17) is 10.5 Å². The summed E-state index contributed by atoms with van der Waals surface area (Å²) in [6.07, 6.45) is 1.52. The lowest BCUT2D eigenvalue weighted by molar-refractivity contribution is -0.0970. The molecule has 1 aliphatic rings. The lowest BCUT2D eigenvalue weighted by Gasteiger charge is -2.51. The summed E-state index contributed by atoms with van der Waals surface area (Å²) in [5.74, 6) is 0. The number of hydrogen-bond donors (Lipinski definition) is 2. The normalized spacial score (nSPS) is 33.0. The average Bonchev–Trinajstić information content (AvgIpc) is 2.03. The summed E-state index contributed by atoms with van der Waals surface area (Å²) in [6.45, 7) is 6.09. The van der Waals surface area contributed by atoms with Crippen LogP contribution in [0.4, 0.5) is 0 Å². The Hall–Kier alpha value is -0.120. The van der Waals surface area contributed by atoms with Crippen molar-refractivity contribution in [3.63, 3.8) is 0 Å².